The van der Waals surface area contributed by atoms with Crippen LogP contribution in [-0.4, -0.2) is 26.6 Å². The van der Waals surface area contributed by atoms with Crippen molar-refractivity contribution in [2.75, 3.05) is 0 Å². The first-order chi connectivity index (χ1) is 20.1. The average molecular weight is 629 g/mol. The summed E-state index contributed by atoms with van der Waals surface area (Å²) in [6.45, 7) is 14.1. The smallest absolute Gasteiger partial charge is 0.283 e. The van der Waals surface area contributed by atoms with Crippen molar-refractivity contribution in [2.24, 2.45) is 0 Å². The van der Waals surface area contributed by atoms with E-state index in [1.165, 1.54) is 190 Å². The Bertz CT molecular complexity index is 410. The maximum Gasteiger partial charge on any atom is 0.283 e. The molecule has 0 spiro atoms. The van der Waals surface area contributed by atoms with Crippen molar-refractivity contribution in [3.05, 3.63) is 0 Å². The molecule has 0 aromatic heterocycles. The fraction of sp³-hybridized carbons (Fsp3) is 1.00. The molecule has 0 aromatic rings. The van der Waals surface area contributed by atoms with Gasteiger partial charge in [0.25, 0.3) is 10.0 Å². The summed E-state index contributed by atoms with van der Waals surface area (Å²) < 4.78 is 14.8. The van der Waals surface area contributed by atoms with E-state index in [1.54, 1.807) is 0 Å². The normalized spacial score (nSPS) is 12.4. The number of hydrogen-bond acceptors (Lipinski definition) is 2. The van der Waals surface area contributed by atoms with Gasteiger partial charge >= 0.3 is 0 Å². The molecule has 0 heterocycles. The Hall–Kier alpha value is 0.571. The quantitative estimate of drug-likeness (QED) is 0.0521. The number of unbranched alkanes of at least 4 members (excludes halogenated alkanes) is 18. The maximum absolute atomic E-state index is 7.40. The van der Waals surface area contributed by atoms with E-state index in [1.807, 2.05) is 0 Å². The zero-order chi connectivity index (χ0) is 30.3. The highest BCUT2D eigenvalue weighted by atomic mass is 28.4. The summed E-state index contributed by atoms with van der Waals surface area (Å²) in [5.41, 5.74) is 0. The molecule has 0 aliphatic heterocycles. The molecule has 0 unspecified atom stereocenters. The predicted octanol–water partition coefficient (Wildman–Crippen LogP) is 13.4. The lowest BCUT2D eigenvalue weighted by Gasteiger charge is -2.37. The van der Waals surface area contributed by atoms with Crippen LogP contribution in [0.15, 0.2) is 0 Å². The van der Waals surface area contributed by atoms with Gasteiger partial charge in [-0.05, 0) is 36.3 Å². The molecule has 41 heavy (non-hydrogen) atoms. The minimum atomic E-state index is -1.72. The molecular formula is C36H80O2Si3. The van der Waals surface area contributed by atoms with Crippen LogP contribution in [0.4, 0.5) is 0 Å². The van der Waals surface area contributed by atoms with Crippen molar-refractivity contribution in [3.8, 4) is 0 Å². The average Bonchev–Trinajstić information content (AvgIpc) is 2.98. The minimum Gasteiger partial charge on any atom is -0.440 e. The van der Waals surface area contributed by atoms with Gasteiger partial charge in [-0.15, -0.1) is 0 Å². The lowest BCUT2D eigenvalue weighted by atomic mass is 10.2. The van der Waals surface area contributed by atoms with Crippen LogP contribution in [0.3, 0.4) is 0 Å². The molecule has 2 nitrogen and oxygen atoms in total. The standard InChI is InChI=1S/C36H80O2Si3/c1-7-13-19-25-31-40(32-26-20-14-8-2,33-27-21-15-9-3)37-39-38-41(34-28-22-16-10-4,35-29-23-17-11-5)36-30-24-18-12-6/h7-36,39H2,1-6H3. The molecule has 248 valence electrons. The maximum atomic E-state index is 7.40. The van der Waals surface area contributed by atoms with Crippen LogP contribution >= 0.6 is 0 Å². The lowest BCUT2D eigenvalue weighted by molar-refractivity contribution is 0.418. The zero-order valence-corrected chi connectivity index (χ0v) is 33.2. The topological polar surface area (TPSA) is 18.5 Å². The van der Waals surface area contributed by atoms with Crippen molar-refractivity contribution in [3.63, 3.8) is 0 Å². The van der Waals surface area contributed by atoms with Crippen molar-refractivity contribution >= 4 is 26.6 Å². The molecule has 0 saturated heterocycles. The molecule has 0 atom stereocenters. The van der Waals surface area contributed by atoms with Crippen LogP contribution in [0, 0.1) is 0 Å². The van der Waals surface area contributed by atoms with E-state index < -0.39 is 26.6 Å². The first kappa shape index (κ1) is 41.6. The van der Waals surface area contributed by atoms with Crippen LogP contribution in [0.25, 0.3) is 0 Å². The van der Waals surface area contributed by atoms with Gasteiger partial charge < -0.3 is 8.23 Å². The van der Waals surface area contributed by atoms with Gasteiger partial charge in [0, 0.05) is 0 Å². The third-order valence-corrected chi connectivity index (χ3v) is 23.1. The molecule has 0 fully saturated rings. The van der Waals surface area contributed by atoms with E-state index in [-0.39, 0.29) is 0 Å². The number of hydrogen-bond donors (Lipinski definition) is 0. The molecule has 0 aliphatic rings. The summed E-state index contributed by atoms with van der Waals surface area (Å²) in [6.07, 6.45) is 33.3. The molecule has 0 aliphatic carbocycles. The van der Waals surface area contributed by atoms with Gasteiger partial charge in [-0.25, -0.2) is 0 Å². The van der Waals surface area contributed by atoms with E-state index in [4.69, 9.17) is 8.23 Å². The summed E-state index contributed by atoms with van der Waals surface area (Å²) in [5.74, 6) is 0. The third-order valence-electron chi connectivity index (χ3n) is 9.65. The van der Waals surface area contributed by atoms with Crippen molar-refractivity contribution in [2.45, 2.75) is 232 Å². The molecule has 0 radical (unpaired) electrons. The second-order valence-corrected chi connectivity index (χ2v) is 23.9. The van der Waals surface area contributed by atoms with Gasteiger partial charge in [0.05, 0.1) is 0 Å². The molecule has 0 saturated carbocycles. The van der Waals surface area contributed by atoms with Gasteiger partial charge in [0.1, 0.15) is 0 Å². The highest BCUT2D eigenvalue weighted by Crippen LogP contribution is 2.34. The van der Waals surface area contributed by atoms with E-state index in [0.29, 0.717) is 0 Å². The lowest BCUT2D eigenvalue weighted by Crippen LogP contribution is -2.45. The monoisotopic (exact) mass is 629 g/mol. The Morgan fingerprint density at radius 1 is 0.293 bits per heavy atom. The molecular weight excluding hydrogens is 549 g/mol. The van der Waals surface area contributed by atoms with E-state index in [0.717, 1.165) is 0 Å². The Labute approximate surface area is 266 Å². The SMILES string of the molecule is CCCCCC[Si](CCCCCC)(CCCCCC)O[SiH2]O[Si](CCCCCC)(CCCCCC)CCCCCC. The molecule has 0 N–H and O–H groups in total. The van der Waals surface area contributed by atoms with E-state index in [9.17, 15) is 0 Å². The largest absolute Gasteiger partial charge is 0.440 e. The van der Waals surface area contributed by atoms with E-state index in [2.05, 4.69) is 41.5 Å². The van der Waals surface area contributed by atoms with Gasteiger partial charge in [-0.2, -0.15) is 0 Å². The zero-order valence-electron chi connectivity index (χ0n) is 29.7. The van der Waals surface area contributed by atoms with Gasteiger partial charge in [0.15, 0.2) is 16.6 Å². The first-order valence-corrected chi connectivity index (χ1v) is 25.6. The fourth-order valence-corrected chi connectivity index (χ4v) is 19.8. The second kappa shape index (κ2) is 30.6. The summed E-state index contributed by atoms with van der Waals surface area (Å²) >= 11 is 0. The van der Waals surface area contributed by atoms with Crippen molar-refractivity contribution in [1.29, 1.82) is 0 Å². The van der Waals surface area contributed by atoms with Gasteiger partial charge in [-0.3, -0.25) is 0 Å². The third kappa shape index (κ3) is 23.6. The van der Waals surface area contributed by atoms with Gasteiger partial charge in [-0.1, -0.05) is 196 Å². The van der Waals surface area contributed by atoms with Crippen molar-refractivity contribution < 1.29 is 8.23 Å². The van der Waals surface area contributed by atoms with Crippen LogP contribution in [0.1, 0.15) is 196 Å². The summed E-state index contributed by atoms with van der Waals surface area (Å²) in [4.78, 5) is 0. The second-order valence-electron chi connectivity index (χ2n) is 13.6. The Morgan fingerprint density at radius 2 is 0.488 bits per heavy atom. The predicted molar refractivity (Wildman–Crippen MR) is 196 cm³/mol. The van der Waals surface area contributed by atoms with Crippen LogP contribution in [0.2, 0.25) is 36.3 Å². The molecule has 0 aromatic carbocycles. The highest BCUT2D eigenvalue weighted by molar-refractivity contribution is 6.80. The Balaban J connectivity index is 5.70. The highest BCUT2D eigenvalue weighted by Gasteiger charge is 2.37. The Morgan fingerprint density at radius 3 is 0.659 bits per heavy atom. The number of rotatable bonds is 34. The molecule has 0 bridgehead atoms. The first-order valence-electron chi connectivity index (χ1n) is 19.3. The van der Waals surface area contributed by atoms with Crippen LogP contribution in [0.5, 0.6) is 0 Å². The van der Waals surface area contributed by atoms with Crippen molar-refractivity contribution in [1.82, 2.24) is 0 Å². The fourth-order valence-electron chi connectivity index (χ4n) is 6.71. The summed E-state index contributed by atoms with van der Waals surface area (Å²) in [5, 5.41) is 0. The molecule has 5 heteroatoms. The minimum absolute atomic E-state index is 0.910. The van der Waals surface area contributed by atoms with Gasteiger partial charge in [0.2, 0.25) is 0 Å². The molecule has 0 rings (SSSR count). The van der Waals surface area contributed by atoms with E-state index >= 15 is 0 Å². The Kier molecular flexibility index (Phi) is 31.0. The van der Waals surface area contributed by atoms with Crippen LogP contribution < -0.4 is 0 Å². The molecule has 0 amide bonds. The summed E-state index contributed by atoms with van der Waals surface area (Å²) in [6, 6.07) is 8.50. The summed E-state index contributed by atoms with van der Waals surface area (Å²) in [7, 11) is -4.35. The van der Waals surface area contributed by atoms with Crippen LogP contribution in [-0.2, 0) is 8.23 Å².